The summed E-state index contributed by atoms with van der Waals surface area (Å²) in [4.78, 5) is 14.8. The Morgan fingerprint density at radius 1 is 0.774 bits per heavy atom. The number of hydrogen-bond donors (Lipinski definition) is 3. The van der Waals surface area contributed by atoms with Crippen molar-refractivity contribution in [2.45, 2.75) is 16.7 Å². The summed E-state index contributed by atoms with van der Waals surface area (Å²) in [5.41, 5.74) is 3.82. The molecular formula is C21H21N3O5S2. The molecule has 0 spiro atoms. The molecule has 3 aromatic carbocycles. The predicted octanol–water partition coefficient (Wildman–Crippen LogP) is 2.77. The van der Waals surface area contributed by atoms with E-state index in [4.69, 9.17) is 0 Å². The number of aryl methyl sites for hydroxylation is 1. The average Bonchev–Trinajstić information content (AvgIpc) is 2.72. The summed E-state index contributed by atoms with van der Waals surface area (Å²) in [5.74, 6) is -0.712. The third kappa shape index (κ3) is 5.48. The van der Waals surface area contributed by atoms with Gasteiger partial charge < -0.3 is 5.32 Å². The highest BCUT2D eigenvalue weighted by Gasteiger charge is 2.19. The second-order valence-corrected chi connectivity index (χ2v) is 10.5. The number of para-hydroxylation sites is 2. The molecule has 0 aliphatic rings. The Balaban J connectivity index is 1.82. The fourth-order valence-corrected chi connectivity index (χ4v) is 4.47. The van der Waals surface area contributed by atoms with E-state index in [-0.39, 0.29) is 15.4 Å². The maximum atomic E-state index is 12.7. The van der Waals surface area contributed by atoms with Crippen LogP contribution in [0.15, 0.2) is 82.6 Å². The van der Waals surface area contributed by atoms with Gasteiger partial charge in [0.1, 0.15) is 0 Å². The lowest BCUT2D eigenvalue weighted by Crippen LogP contribution is -2.41. The van der Waals surface area contributed by atoms with Crippen LogP contribution in [-0.2, 0) is 19.9 Å². The fourth-order valence-electron chi connectivity index (χ4n) is 2.79. The molecule has 0 radical (unpaired) electrons. The minimum Gasteiger partial charge on any atom is -0.354 e. The maximum absolute atomic E-state index is 12.7. The van der Waals surface area contributed by atoms with Crippen LogP contribution in [0.4, 0.5) is 11.4 Å². The molecule has 3 rings (SSSR count). The number of carbonyl (C=O) groups is 1. The second kappa shape index (κ2) is 8.88. The molecular weight excluding hydrogens is 438 g/mol. The van der Waals surface area contributed by atoms with Gasteiger partial charge in [-0.05, 0) is 43.3 Å². The van der Waals surface area contributed by atoms with Crippen LogP contribution in [-0.4, -0.2) is 29.0 Å². The summed E-state index contributed by atoms with van der Waals surface area (Å²) in [6, 6.07) is 18.8. The lowest BCUT2D eigenvalue weighted by Gasteiger charge is -2.15. The van der Waals surface area contributed by atoms with E-state index in [1.807, 2.05) is 6.92 Å². The molecule has 162 valence electrons. The number of amides is 1. The zero-order valence-corrected chi connectivity index (χ0v) is 18.4. The smallest absolute Gasteiger partial charge is 0.268 e. The van der Waals surface area contributed by atoms with Crippen molar-refractivity contribution >= 4 is 37.1 Å². The Labute approximate surface area is 181 Å². The standard InChI is InChI=1S/C21H21N3O5S2/c1-15-11-13-16(14-12-15)31(28,29)24-23-21(25)17-7-3-4-8-18(17)22-19-9-5-6-10-20(19)30(2,26)27/h3-14,22,24H,1-2H3,(H,23,25). The quantitative estimate of drug-likeness (QED) is 0.467. The summed E-state index contributed by atoms with van der Waals surface area (Å²) in [7, 11) is -7.46. The van der Waals surface area contributed by atoms with E-state index in [2.05, 4.69) is 15.6 Å². The van der Waals surface area contributed by atoms with Crippen LogP contribution in [0, 0.1) is 6.92 Å². The monoisotopic (exact) mass is 459 g/mol. The van der Waals surface area contributed by atoms with Crippen LogP contribution in [0.25, 0.3) is 0 Å². The highest BCUT2D eigenvalue weighted by atomic mass is 32.2. The van der Waals surface area contributed by atoms with E-state index in [1.54, 1.807) is 48.5 Å². The van der Waals surface area contributed by atoms with Crippen molar-refractivity contribution in [1.29, 1.82) is 0 Å². The molecule has 0 aliphatic heterocycles. The third-order valence-electron chi connectivity index (χ3n) is 4.36. The zero-order valence-electron chi connectivity index (χ0n) is 16.8. The number of hydrogen-bond acceptors (Lipinski definition) is 6. The van der Waals surface area contributed by atoms with Gasteiger partial charge in [0.05, 0.1) is 26.7 Å². The summed E-state index contributed by atoms with van der Waals surface area (Å²) in [6.07, 6.45) is 1.09. The first-order chi connectivity index (χ1) is 14.6. The van der Waals surface area contributed by atoms with Crippen LogP contribution >= 0.6 is 0 Å². The topological polar surface area (TPSA) is 121 Å². The molecule has 0 bridgehead atoms. The second-order valence-electron chi connectivity index (χ2n) is 6.81. The molecule has 0 fully saturated rings. The van der Waals surface area contributed by atoms with Crippen LogP contribution < -0.4 is 15.6 Å². The van der Waals surface area contributed by atoms with Gasteiger partial charge in [-0.1, -0.05) is 42.0 Å². The van der Waals surface area contributed by atoms with Crippen molar-refractivity contribution < 1.29 is 21.6 Å². The van der Waals surface area contributed by atoms with E-state index < -0.39 is 25.8 Å². The van der Waals surface area contributed by atoms with Gasteiger partial charge in [-0.2, -0.15) is 0 Å². The van der Waals surface area contributed by atoms with Crippen molar-refractivity contribution in [3.05, 3.63) is 83.9 Å². The summed E-state index contributed by atoms with van der Waals surface area (Å²) >= 11 is 0. The number of anilines is 2. The number of rotatable bonds is 7. The Hall–Kier alpha value is -3.21. The SMILES string of the molecule is Cc1ccc(S(=O)(=O)NNC(=O)c2ccccc2Nc2ccccc2S(C)(=O)=O)cc1. The van der Waals surface area contributed by atoms with Gasteiger partial charge >= 0.3 is 0 Å². The van der Waals surface area contributed by atoms with E-state index in [1.165, 1.54) is 24.3 Å². The average molecular weight is 460 g/mol. The molecule has 3 aromatic rings. The molecule has 31 heavy (non-hydrogen) atoms. The number of nitrogens with one attached hydrogen (secondary N) is 3. The maximum Gasteiger partial charge on any atom is 0.268 e. The molecule has 1 amide bonds. The first-order valence-corrected chi connectivity index (χ1v) is 12.5. The van der Waals surface area contributed by atoms with Gasteiger partial charge in [0.15, 0.2) is 9.84 Å². The highest BCUT2D eigenvalue weighted by molar-refractivity contribution is 7.91. The molecule has 0 unspecified atom stereocenters. The molecule has 0 saturated heterocycles. The third-order valence-corrected chi connectivity index (χ3v) is 6.78. The van der Waals surface area contributed by atoms with Crippen molar-refractivity contribution in [2.24, 2.45) is 0 Å². The van der Waals surface area contributed by atoms with Gasteiger partial charge in [0.2, 0.25) is 0 Å². The fraction of sp³-hybridized carbons (Fsp3) is 0.0952. The minimum atomic E-state index is -3.96. The van der Waals surface area contributed by atoms with Crippen LogP contribution in [0.3, 0.4) is 0 Å². The van der Waals surface area contributed by atoms with Crippen LogP contribution in [0.2, 0.25) is 0 Å². The summed E-state index contributed by atoms with van der Waals surface area (Å²) in [6.45, 7) is 1.83. The van der Waals surface area contributed by atoms with Gasteiger partial charge in [-0.25, -0.2) is 16.8 Å². The van der Waals surface area contributed by atoms with Crippen molar-refractivity contribution in [2.75, 3.05) is 11.6 Å². The van der Waals surface area contributed by atoms with Crippen molar-refractivity contribution in [3.8, 4) is 0 Å². The number of carbonyl (C=O) groups excluding carboxylic acids is 1. The Morgan fingerprint density at radius 3 is 2.00 bits per heavy atom. The van der Waals surface area contributed by atoms with E-state index in [9.17, 15) is 21.6 Å². The minimum absolute atomic E-state index is 0.00638. The molecule has 10 heteroatoms. The van der Waals surface area contributed by atoms with Crippen LogP contribution in [0.1, 0.15) is 15.9 Å². The molecule has 8 nitrogen and oxygen atoms in total. The van der Waals surface area contributed by atoms with E-state index >= 15 is 0 Å². The summed E-state index contributed by atoms with van der Waals surface area (Å²) in [5, 5.41) is 2.95. The Bertz CT molecular complexity index is 1320. The van der Waals surface area contributed by atoms with Gasteiger partial charge in [-0.3, -0.25) is 10.2 Å². The first-order valence-electron chi connectivity index (χ1n) is 9.12. The van der Waals surface area contributed by atoms with Crippen molar-refractivity contribution in [1.82, 2.24) is 10.3 Å². The van der Waals surface area contributed by atoms with E-state index in [0.29, 0.717) is 11.4 Å². The first kappa shape index (κ1) is 22.5. The normalized spacial score (nSPS) is 11.7. The van der Waals surface area contributed by atoms with Gasteiger partial charge in [-0.15, -0.1) is 4.83 Å². The van der Waals surface area contributed by atoms with Gasteiger partial charge in [0.25, 0.3) is 15.9 Å². The molecule has 0 heterocycles. The number of sulfonamides is 1. The highest BCUT2D eigenvalue weighted by Crippen LogP contribution is 2.26. The Kier molecular flexibility index (Phi) is 6.44. The number of hydrazine groups is 1. The Morgan fingerprint density at radius 2 is 1.35 bits per heavy atom. The number of benzene rings is 3. The zero-order chi connectivity index (χ0) is 22.6. The molecule has 0 atom stereocenters. The molecule has 0 aliphatic carbocycles. The molecule has 0 aromatic heterocycles. The van der Waals surface area contributed by atoms with Crippen molar-refractivity contribution in [3.63, 3.8) is 0 Å². The largest absolute Gasteiger partial charge is 0.354 e. The van der Waals surface area contributed by atoms with Crippen LogP contribution in [0.5, 0.6) is 0 Å². The number of sulfone groups is 1. The van der Waals surface area contributed by atoms with E-state index in [0.717, 1.165) is 11.8 Å². The molecule has 3 N–H and O–H groups in total. The molecule has 0 saturated carbocycles. The lowest BCUT2D eigenvalue weighted by atomic mass is 10.1. The predicted molar refractivity (Wildman–Crippen MR) is 118 cm³/mol. The van der Waals surface area contributed by atoms with Gasteiger partial charge in [0, 0.05) is 6.26 Å². The lowest BCUT2D eigenvalue weighted by molar-refractivity contribution is 0.0946. The summed E-state index contributed by atoms with van der Waals surface area (Å²) < 4.78 is 48.9.